The molecule has 0 fully saturated rings. The first-order chi connectivity index (χ1) is 9.80. The van der Waals surface area contributed by atoms with Crippen LogP contribution in [0.4, 0.5) is 0 Å². The van der Waals surface area contributed by atoms with Crippen LogP contribution in [-0.2, 0) is 23.5 Å². The van der Waals surface area contributed by atoms with Crippen LogP contribution < -0.4 is 5.56 Å². The lowest BCUT2D eigenvalue weighted by Gasteiger charge is -2.11. The molecule has 0 saturated carbocycles. The van der Waals surface area contributed by atoms with Gasteiger partial charge in [-0.05, 0) is 26.0 Å². The van der Waals surface area contributed by atoms with Gasteiger partial charge in [0.05, 0.1) is 10.6 Å². The summed E-state index contributed by atoms with van der Waals surface area (Å²) in [4.78, 5) is 12.2. The van der Waals surface area contributed by atoms with E-state index in [4.69, 9.17) is 5.11 Å². The Labute approximate surface area is 123 Å². The summed E-state index contributed by atoms with van der Waals surface area (Å²) in [5.74, 6) is 0. The Kier molecular flexibility index (Phi) is 4.06. The third-order valence-corrected chi connectivity index (χ3v) is 5.30. The van der Waals surface area contributed by atoms with Crippen molar-refractivity contribution in [3.8, 4) is 0 Å². The van der Waals surface area contributed by atoms with E-state index in [2.05, 4.69) is 0 Å². The maximum absolute atomic E-state index is 12.7. The van der Waals surface area contributed by atoms with E-state index < -0.39 is 15.6 Å². The lowest BCUT2D eigenvalue weighted by Crippen LogP contribution is -2.26. The van der Waals surface area contributed by atoms with Crippen LogP contribution in [0.15, 0.2) is 34.0 Å². The van der Waals surface area contributed by atoms with Gasteiger partial charge in [0, 0.05) is 25.6 Å². The quantitative estimate of drug-likeness (QED) is 0.895. The SMILES string of the molecule is Cc1ccc(S(=O)(=O)n2c(C)c(CCO)c(=O)n2C)cc1. The van der Waals surface area contributed by atoms with E-state index in [0.29, 0.717) is 11.3 Å². The van der Waals surface area contributed by atoms with Crippen molar-refractivity contribution in [2.75, 3.05) is 6.61 Å². The highest BCUT2D eigenvalue weighted by molar-refractivity contribution is 7.89. The first-order valence-corrected chi connectivity index (χ1v) is 7.95. The van der Waals surface area contributed by atoms with Gasteiger partial charge in [-0.3, -0.25) is 4.79 Å². The normalized spacial score (nSPS) is 11.8. The Morgan fingerprint density at radius 1 is 1.14 bits per heavy atom. The summed E-state index contributed by atoms with van der Waals surface area (Å²) in [5, 5.41) is 9.01. The zero-order valence-electron chi connectivity index (χ0n) is 12.2. The summed E-state index contributed by atoms with van der Waals surface area (Å²) in [6.45, 7) is 3.23. The van der Waals surface area contributed by atoms with Crippen molar-refractivity contribution in [2.45, 2.75) is 25.2 Å². The molecule has 0 aliphatic heterocycles. The molecule has 2 rings (SSSR count). The van der Waals surface area contributed by atoms with Crippen LogP contribution in [0.1, 0.15) is 16.8 Å². The van der Waals surface area contributed by atoms with Crippen LogP contribution in [0.3, 0.4) is 0 Å². The molecule has 21 heavy (non-hydrogen) atoms. The molecule has 0 saturated heterocycles. The maximum Gasteiger partial charge on any atom is 0.281 e. The molecule has 0 atom stereocenters. The van der Waals surface area contributed by atoms with E-state index in [1.54, 1.807) is 19.1 Å². The molecule has 0 aliphatic carbocycles. The Morgan fingerprint density at radius 2 is 1.71 bits per heavy atom. The summed E-state index contributed by atoms with van der Waals surface area (Å²) in [7, 11) is -2.43. The summed E-state index contributed by atoms with van der Waals surface area (Å²) in [5.41, 5.74) is 1.19. The monoisotopic (exact) mass is 310 g/mol. The van der Waals surface area contributed by atoms with Crippen LogP contribution in [-0.4, -0.2) is 28.9 Å². The molecular formula is C14H18N2O4S. The molecule has 1 N–H and O–H groups in total. The van der Waals surface area contributed by atoms with Gasteiger partial charge in [0.25, 0.3) is 15.6 Å². The van der Waals surface area contributed by atoms with Crippen molar-refractivity contribution < 1.29 is 13.5 Å². The molecule has 0 spiro atoms. The van der Waals surface area contributed by atoms with Gasteiger partial charge in [0.15, 0.2) is 0 Å². The van der Waals surface area contributed by atoms with E-state index in [1.165, 1.54) is 19.2 Å². The second-order valence-electron chi connectivity index (χ2n) is 4.93. The number of hydrogen-bond acceptors (Lipinski definition) is 4. The van der Waals surface area contributed by atoms with Gasteiger partial charge < -0.3 is 5.11 Å². The van der Waals surface area contributed by atoms with E-state index in [9.17, 15) is 13.2 Å². The molecule has 114 valence electrons. The van der Waals surface area contributed by atoms with Crippen LogP contribution >= 0.6 is 0 Å². The van der Waals surface area contributed by atoms with Crippen molar-refractivity contribution in [1.29, 1.82) is 0 Å². The van der Waals surface area contributed by atoms with E-state index in [0.717, 1.165) is 14.3 Å². The average molecular weight is 310 g/mol. The molecule has 0 radical (unpaired) electrons. The van der Waals surface area contributed by atoms with E-state index in [1.807, 2.05) is 6.92 Å². The van der Waals surface area contributed by atoms with Crippen molar-refractivity contribution in [2.24, 2.45) is 7.05 Å². The maximum atomic E-state index is 12.7. The van der Waals surface area contributed by atoms with Gasteiger partial charge in [-0.25, -0.2) is 4.68 Å². The number of aliphatic hydroxyl groups excluding tert-OH is 1. The first-order valence-electron chi connectivity index (χ1n) is 6.51. The minimum Gasteiger partial charge on any atom is -0.396 e. The van der Waals surface area contributed by atoms with Crippen molar-refractivity contribution in [3.63, 3.8) is 0 Å². The van der Waals surface area contributed by atoms with Gasteiger partial charge >= 0.3 is 0 Å². The molecule has 1 aromatic carbocycles. The van der Waals surface area contributed by atoms with Gasteiger partial charge in [-0.15, -0.1) is 0 Å². The van der Waals surface area contributed by atoms with Crippen LogP contribution in [0.25, 0.3) is 0 Å². The highest BCUT2D eigenvalue weighted by Gasteiger charge is 2.25. The molecule has 2 aromatic rings. The zero-order chi connectivity index (χ0) is 15.8. The molecule has 0 unspecified atom stereocenters. The smallest absolute Gasteiger partial charge is 0.281 e. The molecule has 1 aromatic heterocycles. The predicted octanol–water partition coefficient (Wildman–Crippen LogP) is 0.575. The topological polar surface area (TPSA) is 81.3 Å². The molecule has 0 amide bonds. The van der Waals surface area contributed by atoms with Crippen LogP contribution in [0.2, 0.25) is 0 Å². The van der Waals surface area contributed by atoms with Gasteiger partial charge in [-0.2, -0.15) is 12.5 Å². The molecule has 0 bridgehead atoms. The fourth-order valence-electron chi connectivity index (χ4n) is 2.32. The molecule has 6 nitrogen and oxygen atoms in total. The number of nitrogens with zero attached hydrogens (tertiary/aromatic N) is 2. The summed E-state index contributed by atoms with van der Waals surface area (Å²) in [6.07, 6.45) is 0.134. The van der Waals surface area contributed by atoms with Gasteiger partial charge in [-0.1, -0.05) is 17.7 Å². The van der Waals surface area contributed by atoms with E-state index in [-0.39, 0.29) is 17.9 Å². The first kappa shape index (κ1) is 15.5. The Morgan fingerprint density at radius 3 is 2.24 bits per heavy atom. The number of hydrogen-bond donors (Lipinski definition) is 1. The minimum atomic E-state index is -3.84. The standard InChI is InChI=1S/C14H18N2O4S/c1-10-4-6-12(7-5-10)21(19,20)16-11(2)13(8-9-17)14(18)15(16)3/h4-7,17H,8-9H2,1-3H3. The van der Waals surface area contributed by atoms with Gasteiger partial charge in [0.1, 0.15) is 0 Å². The molecule has 0 aliphatic rings. The predicted molar refractivity (Wildman–Crippen MR) is 79.0 cm³/mol. The molecular weight excluding hydrogens is 292 g/mol. The van der Waals surface area contributed by atoms with Crippen molar-refractivity contribution in [3.05, 3.63) is 51.4 Å². The third-order valence-electron chi connectivity index (χ3n) is 3.46. The lowest BCUT2D eigenvalue weighted by atomic mass is 10.2. The van der Waals surface area contributed by atoms with Crippen molar-refractivity contribution >= 4 is 10.0 Å². The summed E-state index contributed by atoms with van der Waals surface area (Å²) >= 11 is 0. The fourth-order valence-corrected chi connectivity index (χ4v) is 3.87. The lowest BCUT2D eigenvalue weighted by molar-refractivity contribution is 0.299. The van der Waals surface area contributed by atoms with Crippen molar-refractivity contribution in [1.82, 2.24) is 8.77 Å². The number of benzene rings is 1. The van der Waals surface area contributed by atoms with Crippen LogP contribution in [0, 0.1) is 13.8 Å². The highest BCUT2D eigenvalue weighted by atomic mass is 32.2. The largest absolute Gasteiger partial charge is 0.396 e. The minimum absolute atomic E-state index is 0.123. The number of rotatable bonds is 4. The second kappa shape index (κ2) is 5.50. The summed E-state index contributed by atoms with van der Waals surface area (Å²) in [6, 6.07) is 6.44. The molecule has 7 heteroatoms. The number of aryl methyl sites for hydroxylation is 1. The molecule has 1 heterocycles. The van der Waals surface area contributed by atoms with Gasteiger partial charge in [0.2, 0.25) is 0 Å². The zero-order valence-corrected chi connectivity index (χ0v) is 13.0. The van der Waals surface area contributed by atoms with E-state index >= 15 is 0 Å². The third kappa shape index (κ3) is 2.54. The van der Waals surface area contributed by atoms with Crippen LogP contribution in [0.5, 0.6) is 0 Å². The summed E-state index contributed by atoms with van der Waals surface area (Å²) < 4.78 is 27.5. The Hall–Kier alpha value is -1.86. The second-order valence-corrected chi connectivity index (χ2v) is 6.69. The Balaban J connectivity index is 2.69. The Bertz CT molecular complexity index is 814. The highest BCUT2D eigenvalue weighted by Crippen LogP contribution is 2.17. The fraction of sp³-hybridized carbons (Fsp3) is 0.357. The number of aromatic nitrogens is 2. The average Bonchev–Trinajstić information content (AvgIpc) is 2.64. The number of aliphatic hydroxyl groups is 1.